The number of halogens is 1. The lowest BCUT2D eigenvalue weighted by Gasteiger charge is -2.47. The van der Waals surface area contributed by atoms with Gasteiger partial charge in [-0.05, 0) is 94.1 Å². The fourth-order valence-corrected chi connectivity index (χ4v) is 10.7. The molecule has 1 aromatic rings. The number of ether oxygens (including phenoxy) is 3. The van der Waals surface area contributed by atoms with Crippen LogP contribution in [0.5, 0.6) is 5.75 Å². The van der Waals surface area contributed by atoms with Crippen molar-refractivity contribution in [3.63, 3.8) is 0 Å². The van der Waals surface area contributed by atoms with Crippen molar-refractivity contribution < 1.29 is 27.4 Å². The van der Waals surface area contributed by atoms with E-state index < -0.39 is 26.8 Å². The van der Waals surface area contributed by atoms with Gasteiger partial charge < -0.3 is 19.1 Å². The summed E-state index contributed by atoms with van der Waals surface area (Å²) in [6.45, 7) is 12.3. The highest BCUT2D eigenvalue weighted by Crippen LogP contribution is 2.46. The number of nitrogens with one attached hydrogen (secondary N) is 1. The minimum absolute atomic E-state index is 0.142. The lowest BCUT2D eigenvalue weighted by molar-refractivity contribution is -0.0441. The molecule has 1 aromatic carbocycles. The maximum atomic E-state index is 13.6. The van der Waals surface area contributed by atoms with Crippen LogP contribution in [0.1, 0.15) is 75.6 Å². The lowest BCUT2D eigenvalue weighted by Crippen LogP contribution is -2.58. The van der Waals surface area contributed by atoms with Crippen molar-refractivity contribution in [2.24, 2.45) is 23.7 Å². The standard InChI is InChI=1S/C43H59ClN4O6S/c1-31-9-8-18-43(52-3,17-5-7-19-46-21-22-47-23-24-53-30-38(47)28-46)39-15-12-35(39)27-48-20-6-4-10-33-25-37(44)14-11-36(33)29-54-41-16-13-34(26-40(41)48)42(49)45-55(50,51)32(31)2/h8,13-14,16,18,25-26,31-32,35-36,38-39H,4,6-7,9-12,15,19-24,27-30H2,1-3H3,(H,45,49)/b18-8+/t31-,32+,35-,36?,38-,39+,43-/m0/s1. The third-order valence-corrected chi connectivity index (χ3v) is 15.3. The lowest BCUT2D eigenvalue weighted by atomic mass is 9.64. The molecule has 3 fully saturated rings. The van der Waals surface area contributed by atoms with Crippen molar-refractivity contribution in [3.05, 3.63) is 58.7 Å². The average molecular weight is 795 g/mol. The van der Waals surface area contributed by atoms with Crippen LogP contribution in [0.2, 0.25) is 0 Å². The van der Waals surface area contributed by atoms with Crippen molar-refractivity contribution in [3.8, 4) is 17.6 Å². The third kappa shape index (κ3) is 9.32. The molecule has 7 rings (SSSR count). The smallest absolute Gasteiger partial charge is 0.264 e. The van der Waals surface area contributed by atoms with Crippen LogP contribution >= 0.6 is 11.6 Å². The van der Waals surface area contributed by atoms with Crippen LogP contribution in [-0.4, -0.2) is 114 Å². The topological polar surface area (TPSA) is 101 Å². The highest BCUT2D eigenvalue weighted by Gasteiger charge is 2.47. The number of carbonyl (C=O) groups excluding carboxylic acids is 1. The zero-order valence-electron chi connectivity index (χ0n) is 32.8. The molecule has 2 saturated heterocycles. The number of allylic oxidation sites excluding steroid dienone is 4. The predicted molar refractivity (Wildman–Crippen MR) is 218 cm³/mol. The Hall–Kier alpha value is -2.85. The second-order valence-corrected chi connectivity index (χ2v) is 19.0. The summed E-state index contributed by atoms with van der Waals surface area (Å²) in [6, 6.07) is 5.79. The quantitative estimate of drug-likeness (QED) is 0.292. The molecule has 1 N–H and O–H groups in total. The monoisotopic (exact) mass is 794 g/mol. The molecule has 2 aliphatic carbocycles. The number of hydrogen-bond donors (Lipinski definition) is 1. The molecular weight excluding hydrogens is 736 g/mol. The van der Waals surface area contributed by atoms with Gasteiger partial charge in [0.05, 0.1) is 30.8 Å². The molecule has 0 aromatic heterocycles. The Balaban J connectivity index is 1.19. The SMILES string of the molecule is CO[C@@]1(C#CCCN2CCN3CCOC[C@@H]3C2)/C=C/C[C@H](C)[C@@H](C)S(=O)(=O)NC(=O)c2ccc3c(c2)N(CCCCC2=CC(Cl)=CCC2CO3)C[C@@H]2CC[C@H]21. The minimum atomic E-state index is -3.97. The average Bonchev–Trinajstić information content (AvgIpc) is 3.20. The molecule has 1 unspecified atom stereocenters. The summed E-state index contributed by atoms with van der Waals surface area (Å²) in [5.41, 5.74) is 1.62. The molecule has 0 spiro atoms. The van der Waals surface area contributed by atoms with Gasteiger partial charge in [-0.2, -0.15) is 0 Å². The van der Waals surface area contributed by atoms with E-state index in [1.54, 1.807) is 20.1 Å². The van der Waals surface area contributed by atoms with Gasteiger partial charge in [-0.3, -0.25) is 14.6 Å². The highest BCUT2D eigenvalue weighted by molar-refractivity contribution is 7.90. The molecule has 300 valence electrons. The number of fused-ring (bicyclic) bond motifs is 4. The van der Waals surface area contributed by atoms with Crippen LogP contribution in [0, 0.1) is 35.5 Å². The number of benzene rings is 1. The van der Waals surface area contributed by atoms with Gasteiger partial charge in [0.2, 0.25) is 10.0 Å². The number of nitrogens with zero attached hydrogens (tertiary/aromatic N) is 3. The number of anilines is 1. The minimum Gasteiger partial charge on any atom is -0.491 e. The van der Waals surface area contributed by atoms with E-state index in [4.69, 9.17) is 25.8 Å². The normalized spacial score (nSPS) is 33.9. The van der Waals surface area contributed by atoms with Crippen molar-refractivity contribution >= 4 is 33.2 Å². The second kappa shape index (κ2) is 17.7. The predicted octanol–water partition coefficient (Wildman–Crippen LogP) is 5.99. The number of carbonyl (C=O) groups is 1. The van der Waals surface area contributed by atoms with Gasteiger partial charge in [-0.25, -0.2) is 13.1 Å². The summed E-state index contributed by atoms with van der Waals surface area (Å²) in [5.74, 6) is 7.66. The first kappa shape index (κ1) is 40.4. The summed E-state index contributed by atoms with van der Waals surface area (Å²) in [5, 5.41) is -0.0161. The van der Waals surface area contributed by atoms with Crippen LogP contribution in [0.25, 0.3) is 0 Å². The van der Waals surface area contributed by atoms with Gasteiger partial charge in [0.25, 0.3) is 5.91 Å². The highest BCUT2D eigenvalue weighted by atomic mass is 35.5. The molecule has 10 nitrogen and oxygen atoms in total. The Labute approximate surface area is 333 Å². The molecular formula is C43H59ClN4O6S. The molecule has 4 heterocycles. The van der Waals surface area contributed by atoms with E-state index in [2.05, 4.69) is 55.6 Å². The molecule has 1 amide bonds. The molecule has 7 atom stereocenters. The van der Waals surface area contributed by atoms with Crippen molar-refractivity contribution in [1.82, 2.24) is 14.5 Å². The molecule has 55 heavy (non-hydrogen) atoms. The Kier molecular flexibility index (Phi) is 13.0. The number of morpholine rings is 1. The summed E-state index contributed by atoms with van der Waals surface area (Å²) >= 11 is 6.45. The van der Waals surface area contributed by atoms with Crippen LogP contribution in [-0.2, 0) is 19.5 Å². The summed E-state index contributed by atoms with van der Waals surface area (Å²) in [7, 11) is -2.21. The maximum Gasteiger partial charge on any atom is 0.264 e. The number of amides is 1. The van der Waals surface area contributed by atoms with E-state index >= 15 is 0 Å². The molecule has 4 aliphatic heterocycles. The fraction of sp³-hybridized carbons (Fsp3) is 0.651. The Morgan fingerprint density at radius 1 is 1.07 bits per heavy atom. The van der Waals surface area contributed by atoms with Gasteiger partial charge in [0.1, 0.15) is 11.4 Å². The number of hydrogen-bond acceptors (Lipinski definition) is 9. The number of rotatable bonds is 3. The zero-order valence-corrected chi connectivity index (χ0v) is 34.4. The van der Waals surface area contributed by atoms with E-state index in [1.807, 2.05) is 19.1 Å². The fourth-order valence-electron chi connectivity index (χ4n) is 9.20. The Morgan fingerprint density at radius 3 is 2.76 bits per heavy atom. The zero-order chi connectivity index (χ0) is 38.6. The van der Waals surface area contributed by atoms with Crippen LogP contribution in [0.4, 0.5) is 5.69 Å². The van der Waals surface area contributed by atoms with Gasteiger partial charge in [-0.15, -0.1) is 0 Å². The molecule has 1 saturated carbocycles. The Morgan fingerprint density at radius 2 is 1.95 bits per heavy atom. The number of piperazine rings is 1. The van der Waals surface area contributed by atoms with Gasteiger partial charge in [0, 0.05) is 87.8 Å². The molecule has 12 heteroatoms. The molecule has 6 aliphatic rings. The first-order chi connectivity index (χ1) is 26.5. The van der Waals surface area contributed by atoms with Crippen LogP contribution in [0.15, 0.2) is 53.1 Å². The van der Waals surface area contributed by atoms with E-state index in [1.165, 1.54) is 5.57 Å². The van der Waals surface area contributed by atoms with E-state index in [0.717, 1.165) is 115 Å². The van der Waals surface area contributed by atoms with Crippen molar-refractivity contribution in [2.75, 3.05) is 77.6 Å². The van der Waals surface area contributed by atoms with Crippen LogP contribution in [0.3, 0.4) is 0 Å². The molecule has 2 bridgehead atoms. The van der Waals surface area contributed by atoms with E-state index in [-0.39, 0.29) is 23.7 Å². The van der Waals surface area contributed by atoms with E-state index in [0.29, 0.717) is 30.4 Å². The van der Waals surface area contributed by atoms with Crippen LogP contribution < -0.4 is 14.4 Å². The first-order valence-electron chi connectivity index (χ1n) is 20.5. The largest absolute Gasteiger partial charge is 0.491 e. The second-order valence-electron chi connectivity index (χ2n) is 16.5. The van der Waals surface area contributed by atoms with E-state index in [9.17, 15) is 13.2 Å². The number of sulfonamides is 1. The Bertz CT molecular complexity index is 1820. The third-order valence-electron chi connectivity index (χ3n) is 13.1. The van der Waals surface area contributed by atoms with Crippen molar-refractivity contribution in [1.29, 1.82) is 0 Å². The maximum absolute atomic E-state index is 13.6. The van der Waals surface area contributed by atoms with Gasteiger partial charge >= 0.3 is 0 Å². The summed E-state index contributed by atoms with van der Waals surface area (Å²) in [4.78, 5) is 21.0. The van der Waals surface area contributed by atoms with Gasteiger partial charge in [0.15, 0.2) is 0 Å². The van der Waals surface area contributed by atoms with Gasteiger partial charge in [-0.1, -0.05) is 48.1 Å². The number of methoxy groups -OCH3 is 1. The summed E-state index contributed by atoms with van der Waals surface area (Å²) < 4.78 is 48.4. The first-order valence-corrected chi connectivity index (χ1v) is 22.4. The van der Waals surface area contributed by atoms with Crippen molar-refractivity contribution in [2.45, 2.75) is 82.1 Å². The summed E-state index contributed by atoms with van der Waals surface area (Å²) in [6.07, 6.45) is 15.3. The molecule has 0 radical (unpaired) electrons.